The molecule has 1 unspecified atom stereocenters. The lowest BCUT2D eigenvalue weighted by Gasteiger charge is -2.32. The van der Waals surface area contributed by atoms with Crippen molar-refractivity contribution in [3.63, 3.8) is 0 Å². The summed E-state index contributed by atoms with van der Waals surface area (Å²) in [5, 5.41) is 11.2. The van der Waals surface area contributed by atoms with E-state index in [4.69, 9.17) is 15.6 Å². The van der Waals surface area contributed by atoms with E-state index in [0.717, 1.165) is 0 Å². The maximum atomic E-state index is 12.4. The molecule has 2 rings (SSSR count). The molecule has 22 heavy (non-hydrogen) atoms. The fourth-order valence-electron chi connectivity index (χ4n) is 2.24. The van der Waals surface area contributed by atoms with Crippen molar-refractivity contribution in [2.45, 2.75) is 12.5 Å². The Labute approximate surface area is 126 Å². The van der Waals surface area contributed by atoms with Gasteiger partial charge in [-0.25, -0.2) is 4.79 Å². The van der Waals surface area contributed by atoms with Crippen LogP contribution in [0, 0.1) is 0 Å². The number of morpholine rings is 1. The Morgan fingerprint density at radius 2 is 2.00 bits per heavy atom. The largest absolute Gasteiger partial charge is 0.481 e. The fraction of sp³-hybridized carbons (Fsp3) is 0.357. The van der Waals surface area contributed by atoms with E-state index in [9.17, 15) is 14.4 Å². The number of hydrogen-bond donors (Lipinski definition) is 3. The average molecular weight is 307 g/mol. The number of urea groups is 1. The van der Waals surface area contributed by atoms with Crippen LogP contribution in [-0.2, 0) is 9.53 Å². The van der Waals surface area contributed by atoms with E-state index in [-0.39, 0.29) is 18.9 Å². The van der Waals surface area contributed by atoms with Crippen LogP contribution in [0.1, 0.15) is 16.8 Å². The number of amides is 3. The maximum absolute atomic E-state index is 12.4. The smallest absolute Gasteiger partial charge is 0.316 e. The summed E-state index contributed by atoms with van der Waals surface area (Å²) < 4.78 is 5.33. The summed E-state index contributed by atoms with van der Waals surface area (Å²) in [4.78, 5) is 35.4. The first-order valence-corrected chi connectivity index (χ1v) is 6.75. The third-order valence-electron chi connectivity index (χ3n) is 3.23. The first-order valence-electron chi connectivity index (χ1n) is 6.75. The molecule has 4 N–H and O–H groups in total. The number of nitrogens with two attached hydrogens (primary N) is 1. The molecule has 3 amide bonds. The van der Waals surface area contributed by atoms with Crippen LogP contribution in [0.2, 0.25) is 0 Å². The molecule has 0 bridgehead atoms. The summed E-state index contributed by atoms with van der Waals surface area (Å²) in [7, 11) is 0. The number of carbonyl (C=O) groups excluding carboxylic acids is 2. The molecule has 8 heteroatoms. The second-order valence-electron chi connectivity index (χ2n) is 4.91. The van der Waals surface area contributed by atoms with Gasteiger partial charge in [-0.05, 0) is 24.3 Å². The topological polar surface area (TPSA) is 122 Å². The third kappa shape index (κ3) is 4.19. The second kappa shape index (κ2) is 6.90. The number of carboxylic acids is 1. The van der Waals surface area contributed by atoms with Crippen molar-refractivity contribution in [1.29, 1.82) is 0 Å². The number of benzene rings is 1. The van der Waals surface area contributed by atoms with Crippen LogP contribution in [0.15, 0.2) is 24.3 Å². The van der Waals surface area contributed by atoms with Gasteiger partial charge in [0.05, 0.1) is 19.1 Å². The molecule has 8 nitrogen and oxygen atoms in total. The number of anilines is 1. The highest BCUT2D eigenvalue weighted by molar-refractivity contribution is 5.95. The first kappa shape index (κ1) is 15.8. The zero-order valence-electron chi connectivity index (χ0n) is 11.8. The quantitative estimate of drug-likeness (QED) is 0.747. The number of carboxylic acid groups (broad SMARTS) is 1. The minimum absolute atomic E-state index is 0.134. The van der Waals surface area contributed by atoms with E-state index in [0.29, 0.717) is 24.4 Å². The lowest BCUT2D eigenvalue weighted by atomic mass is 10.1. The summed E-state index contributed by atoms with van der Waals surface area (Å²) in [6.07, 6.45) is -0.628. The van der Waals surface area contributed by atoms with Crippen LogP contribution in [0.5, 0.6) is 0 Å². The number of ether oxygens (including phenoxy) is 1. The SMILES string of the molecule is NC(=O)Nc1ccc(C(=O)N2CCOC(CC(=O)O)C2)cc1. The van der Waals surface area contributed by atoms with Gasteiger partial charge in [0.2, 0.25) is 0 Å². The number of rotatable bonds is 4. The molecule has 0 spiro atoms. The minimum atomic E-state index is -0.957. The van der Waals surface area contributed by atoms with Crippen molar-refractivity contribution >= 4 is 23.6 Å². The Morgan fingerprint density at radius 3 is 2.59 bits per heavy atom. The summed E-state index contributed by atoms with van der Waals surface area (Å²) in [5.74, 6) is -1.16. The predicted octanol–water partition coefficient (Wildman–Crippen LogP) is 0.493. The molecule has 1 aromatic carbocycles. The molecule has 1 aromatic rings. The highest BCUT2D eigenvalue weighted by Gasteiger charge is 2.26. The lowest BCUT2D eigenvalue weighted by molar-refractivity contribution is -0.141. The van der Waals surface area contributed by atoms with Crippen LogP contribution in [0.4, 0.5) is 10.5 Å². The van der Waals surface area contributed by atoms with Crippen LogP contribution in [0.25, 0.3) is 0 Å². The predicted molar refractivity (Wildman–Crippen MR) is 77.5 cm³/mol. The van der Waals surface area contributed by atoms with Gasteiger partial charge in [-0.1, -0.05) is 0 Å². The maximum Gasteiger partial charge on any atom is 0.316 e. The van der Waals surface area contributed by atoms with Gasteiger partial charge in [0.15, 0.2) is 0 Å². The Balaban J connectivity index is 2.01. The zero-order chi connectivity index (χ0) is 16.1. The van der Waals surface area contributed by atoms with E-state index in [1.165, 1.54) is 0 Å². The van der Waals surface area contributed by atoms with Crippen molar-refractivity contribution < 1.29 is 24.2 Å². The molecule has 1 fully saturated rings. The molecule has 0 aliphatic carbocycles. The molecule has 1 atom stereocenters. The molecule has 1 aliphatic heterocycles. The Morgan fingerprint density at radius 1 is 1.32 bits per heavy atom. The number of nitrogens with zero attached hydrogens (tertiary/aromatic N) is 1. The van der Waals surface area contributed by atoms with Crippen molar-refractivity contribution in [2.75, 3.05) is 25.0 Å². The highest BCUT2D eigenvalue weighted by atomic mass is 16.5. The minimum Gasteiger partial charge on any atom is -0.481 e. The van der Waals surface area contributed by atoms with Gasteiger partial charge in [-0.3, -0.25) is 9.59 Å². The number of carbonyl (C=O) groups is 3. The van der Waals surface area contributed by atoms with Crippen molar-refractivity contribution in [3.05, 3.63) is 29.8 Å². The van der Waals surface area contributed by atoms with Crippen molar-refractivity contribution in [2.24, 2.45) is 5.73 Å². The Bertz CT molecular complexity index is 572. The molecule has 118 valence electrons. The number of hydrogen-bond acceptors (Lipinski definition) is 4. The van der Waals surface area contributed by atoms with E-state index in [2.05, 4.69) is 5.32 Å². The standard InChI is InChI=1S/C14H17N3O5/c15-14(21)16-10-3-1-9(2-4-10)13(20)17-5-6-22-11(8-17)7-12(18)19/h1-4,11H,5-8H2,(H,18,19)(H3,15,16,21). The molecule has 0 saturated carbocycles. The van der Waals surface area contributed by atoms with Crippen LogP contribution in [0.3, 0.4) is 0 Å². The van der Waals surface area contributed by atoms with Gasteiger partial charge in [0.1, 0.15) is 0 Å². The molecular weight excluding hydrogens is 290 g/mol. The molecule has 1 aliphatic rings. The van der Waals surface area contributed by atoms with Crippen LogP contribution < -0.4 is 11.1 Å². The van der Waals surface area contributed by atoms with Gasteiger partial charge >= 0.3 is 12.0 Å². The number of aliphatic carboxylic acids is 1. The second-order valence-corrected chi connectivity index (χ2v) is 4.91. The Kier molecular flexibility index (Phi) is 4.95. The van der Waals surface area contributed by atoms with Gasteiger partial charge in [-0.2, -0.15) is 0 Å². The molecular formula is C14H17N3O5. The van der Waals surface area contributed by atoms with E-state index in [1.807, 2.05) is 0 Å². The highest BCUT2D eigenvalue weighted by Crippen LogP contribution is 2.15. The van der Waals surface area contributed by atoms with Crippen LogP contribution >= 0.6 is 0 Å². The summed E-state index contributed by atoms with van der Waals surface area (Å²) in [5.41, 5.74) is 5.95. The van der Waals surface area contributed by atoms with Gasteiger partial charge in [0, 0.05) is 24.3 Å². The van der Waals surface area contributed by atoms with E-state index < -0.39 is 18.1 Å². The monoisotopic (exact) mass is 307 g/mol. The van der Waals surface area contributed by atoms with E-state index >= 15 is 0 Å². The van der Waals surface area contributed by atoms with Crippen molar-refractivity contribution in [1.82, 2.24) is 4.90 Å². The molecule has 0 aromatic heterocycles. The molecule has 1 saturated heterocycles. The van der Waals surface area contributed by atoms with Gasteiger partial charge < -0.3 is 25.8 Å². The summed E-state index contributed by atoms with van der Waals surface area (Å²) in [6, 6.07) is 5.63. The average Bonchev–Trinajstić information content (AvgIpc) is 2.46. The third-order valence-corrected chi connectivity index (χ3v) is 3.23. The molecule has 1 heterocycles. The van der Waals surface area contributed by atoms with Crippen LogP contribution in [-0.4, -0.2) is 53.7 Å². The molecule has 0 radical (unpaired) electrons. The van der Waals surface area contributed by atoms with Gasteiger partial charge in [-0.15, -0.1) is 0 Å². The summed E-state index contributed by atoms with van der Waals surface area (Å²) in [6.45, 7) is 0.966. The van der Waals surface area contributed by atoms with Gasteiger partial charge in [0.25, 0.3) is 5.91 Å². The number of primary amides is 1. The summed E-state index contributed by atoms with van der Waals surface area (Å²) >= 11 is 0. The number of nitrogens with one attached hydrogen (secondary N) is 1. The van der Waals surface area contributed by atoms with Crippen molar-refractivity contribution in [3.8, 4) is 0 Å². The fourth-order valence-corrected chi connectivity index (χ4v) is 2.24. The zero-order valence-corrected chi connectivity index (χ0v) is 11.8. The first-order chi connectivity index (χ1) is 10.5. The Hall–Kier alpha value is -2.61. The van der Waals surface area contributed by atoms with E-state index in [1.54, 1.807) is 29.2 Å². The lowest BCUT2D eigenvalue weighted by Crippen LogP contribution is -2.46. The normalized spacial score (nSPS) is 17.8.